The summed E-state index contributed by atoms with van der Waals surface area (Å²) in [5.41, 5.74) is 5.43. The fourth-order valence-corrected chi connectivity index (χ4v) is 2.57. The first-order valence-corrected chi connectivity index (χ1v) is 10.1. The zero-order valence-electron chi connectivity index (χ0n) is 16.4. The minimum Gasteiger partial charge on any atom is -0.481 e. The third kappa shape index (κ3) is 10.1. The van der Waals surface area contributed by atoms with Gasteiger partial charge in [-0.1, -0.05) is 0 Å². The molecule has 0 saturated carbocycles. The van der Waals surface area contributed by atoms with Gasteiger partial charge in [0.15, 0.2) is 0 Å². The number of hydrogen-bond donors (Lipinski definition) is 7. The Morgan fingerprint density at radius 1 is 0.931 bits per heavy atom. The van der Waals surface area contributed by atoms with Gasteiger partial charge in [-0.25, -0.2) is 4.79 Å². The van der Waals surface area contributed by atoms with E-state index in [-0.39, 0.29) is 6.42 Å². The lowest BCUT2D eigenvalue weighted by Crippen LogP contribution is -2.59. The molecule has 0 aliphatic rings. The molecule has 3 amide bonds. The molecule has 13 heteroatoms. The molecule has 0 aromatic heterocycles. The lowest BCUT2D eigenvalue weighted by molar-refractivity contribution is -0.147. The van der Waals surface area contributed by atoms with Gasteiger partial charge in [-0.3, -0.25) is 19.2 Å². The van der Waals surface area contributed by atoms with E-state index in [1.807, 2.05) is 0 Å². The van der Waals surface area contributed by atoms with E-state index in [1.54, 1.807) is 6.26 Å². The van der Waals surface area contributed by atoms with Gasteiger partial charge in [0.05, 0.1) is 18.6 Å². The van der Waals surface area contributed by atoms with Gasteiger partial charge in [0.25, 0.3) is 0 Å². The Kier molecular flexibility index (Phi) is 11.9. The normalized spacial score (nSPS) is 15.9. The summed E-state index contributed by atoms with van der Waals surface area (Å²) < 4.78 is 0. The topological polar surface area (TPSA) is 208 Å². The fraction of sp³-hybridized carbons (Fsp3) is 0.688. The summed E-state index contributed by atoms with van der Waals surface area (Å²) in [6.45, 7) is 2.64. The maximum Gasteiger partial charge on any atom is 0.326 e. The Bertz CT molecular complexity index is 614. The molecule has 0 saturated heterocycles. The van der Waals surface area contributed by atoms with Gasteiger partial charge in [-0.05, 0) is 32.3 Å². The van der Waals surface area contributed by atoms with E-state index in [4.69, 9.17) is 15.9 Å². The Morgan fingerprint density at radius 3 is 1.90 bits per heavy atom. The van der Waals surface area contributed by atoms with Crippen molar-refractivity contribution in [2.45, 2.75) is 57.0 Å². The Morgan fingerprint density at radius 2 is 1.48 bits per heavy atom. The van der Waals surface area contributed by atoms with Crippen LogP contribution >= 0.6 is 11.8 Å². The average Bonchev–Trinajstić information content (AvgIpc) is 2.60. The molecule has 29 heavy (non-hydrogen) atoms. The highest BCUT2D eigenvalue weighted by Gasteiger charge is 2.32. The minimum atomic E-state index is -1.68. The molecule has 0 radical (unpaired) electrons. The third-order valence-corrected chi connectivity index (χ3v) is 4.36. The monoisotopic (exact) mass is 436 g/mol. The highest BCUT2D eigenvalue weighted by Crippen LogP contribution is 2.05. The lowest BCUT2D eigenvalue weighted by Gasteiger charge is -2.26. The largest absolute Gasteiger partial charge is 0.481 e. The summed E-state index contributed by atoms with van der Waals surface area (Å²) in [7, 11) is 0. The summed E-state index contributed by atoms with van der Waals surface area (Å²) in [5.74, 6) is -5.01. The minimum absolute atomic E-state index is 0.103. The van der Waals surface area contributed by atoms with Crippen molar-refractivity contribution in [2.24, 2.45) is 5.73 Å². The standard InChI is InChI=1S/C16H28N4O8S/c1-7(17)13(24)20-12(8(2)21)15(26)18-9(4-5-29-3)14(25)19-10(16(27)28)6-11(22)23/h7-10,12,21H,4-6,17H2,1-3H3,(H,18,26)(H,19,25)(H,20,24)(H,22,23)(H,27,28). The SMILES string of the molecule is CSCCC(NC(=O)C(NC(=O)C(C)N)C(C)O)C(=O)NC(CC(=O)O)C(=O)O. The predicted octanol–water partition coefficient (Wildman–Crippen LogP) is -2.52. The molecule has 12 nitrogen and oxygen atoms in total. The molecule has 0 fully saturated rings. The molecule has 0 spiro atoms. The number of amides is 3. The summed E-state index contributed by atoms with van der Waals surface area (Å²) in [4.78, 5) is 58.6. The molecular formula is C16H28N4O8S. The molecule has 0 aliphatic heterocycles. The number of rotatable bonds is 13. The molecule has 5 atom stereocenters. The summed E-state index contributed by atoms with van der Waals surface area (Å²) in [5, 5.41) is 34.3. The zero-order chi connectivity index (χ0) is 22.7. The number of carboxylic acids is 2. The maximum absolute atomic E-state index is 12.5. The van der Waals surface area contributed by atoms with Gasteiger partial charge in [0.1, 0.15) is 18.1 Å². The number of aliphatic carboxylic acids is 2. The van der Waals surface area contributed by atoms with E-state index in [0.29, 0.717) is 5.75 Å². The van der Waals surface area contributed by atoms with E-state index in [2.05, 4.69) is 16.0 Å². The predicted molar refractivity (Wildman–Crippen MR) is 104 cm³/mol. The fourth-order valence-electron chi connectivity index (χ4n) is 2.10. The molecule has 0 heterocycles. The van der Waals surface area contributed by atoms with Gasteiger partial charge in [0, 0.05) is 0 Å². The average molecular weight is 436 g/mol. The van der Waals surface area contributed by atoms with Crippen molar-refractivity contribution in [3.8, 4) is 0 Å². The van der Waals surface area contributed by atoms with Crippen LogP contribution in [-0.4, -0.2) is 87.3 Å². The van der Waals surface area contributed by atoms with Gasteiger partial charge >= 0.3 is 11.9 Å². The third-order valence-electron chi connectivity index (χ3n) is 3.71. The van der Waals surface area contributed by atoms with Gasteiger partial charge in [-0.2, -0.15) is 11.8 Å². The first kappa shape index (κ1) is 26.6. The van der Waals surface area contributed by atoms with E-state index >= 15 is 0 Å². The molecule has 166 valence electrons. The van der Waals surface area contributed by atoms with Crippen LogP contribution in [0.3, 0.4) is 0 Å². The van der Waals surface area contributed by atoms with Crippen LogP contribution in [0.4, 0.5) is 0 Å². The first-order chi connectivity index (χ1) is 13.4. The van der Waals surface area contributed by atoms with Crippen LogP contribution in [0.25, 0.3) is 0 Å². The zero-order valence-corrected chi connectivity index (χ0v) is 17.2. The Hall–Kier alpha value is -2.38. The van der Waals surface area contributed by atoms with Crippen molar-refractivity contribution >= 4 is 41.4 Å². The molecule has 0 rings (SSSR count). The van der Waals surface area contributed by atoms with Crippen LogP contribution in [-0.2, 0) is 24.0 Å². The number of carbonyl (C=O) groups excluding carboxylic acids is 3. The number of nitrogens with one attached hydrogen (secondary N) is 3. The highest BCUT2D eigenvalue weighted by atomic mass is 32.2. The van der Waals surface area contributed by atoms with E-state index in [1.165, 1.54) is 25.6 Å². The number of nitrogens with two attached hydrogens (primary N) is 1. The van der Waals surface area contributed by atoms with Crippen molar-refractivity contribution in [1.29, 1.82) is 0 Å². The van der Waals surface area contributed by atoms with E-state index in [0.717, 1.165) is 0 Å². The van der Waals surface area contributed by atoms with Gasteiger partial charge < -0.3 is 37.0 Å². The second-order valence-electron chi connectivity index (χ2n) is 6.36. The second kappa shape index (κ2) is 13.0. The number of thioether (sulfide) groups is 1. The van der Waals surface area contributed by atoms with Crippen LogP contribution in [0, 0.1) is 0 Å². The van der Waals surface area contributed by atoms with Crippen LogP contribution in [0.2, 0.25) is 0 Å². The van der Waals surface area contributed by atoms with Crippen molar-refractivity contribution in [3.05, 3.63) is 0 Å². The quantitative estimate of drug-likeness (QED) is 0.161. The molecular weight excluding hydrogens is 408 g/mol. The maximum atomic E-state index is 12.5. The summed E-state index contributed by atoms with van der Waals surface area (Å²) >= 11 is 1.36. The molecule has 0 bridgehead atoms. The number of aliphatic hydroxyl groups is 1. The van der Waals surface area contributed by atoms with Crippen LogP contribution in [0.15, 0.2) is 0 Å². The van der Waals surface area contributed by atoms with Crippen LogP contribution in [0.5, 0.6) is 0 Å². The number of carbonyl (C=O) groups is 5. The smallest absolute Gasteiger partial charge is 0.326 e. The van der Waals surface area contributed by atoms with E-state index in [9.17, 15) is 29.1 Å². The van der Waals surface area contributed by atoms with Crippen molar-refractivity contribution in [1.82, 2.24) is 16.0 Å². The molecule has 5 unspecified atom stereocenters. The Balaban J connectivity index is 5.34. The van der Waals surface area contributed by atoms with Gasteiger partial charge in [-0.15, -0.1) is 0 Å². The first-order valence-electron chi connectivity index (χ1n) is 8.69. The Labute approximate surface area is 172 Å². The second-order valence-corrected chi connectivity index (χ2v) is 7.34. The molecule has 0 aromatic rings. The van der Waals surface area contributed by atoms with Crippen LogP contribution in [0.1, 0.15) is 26.7 Å². The number of carboxylic acid groups (broad SMARTS) is 2. The number of hydrogen-bond acceptors (Lipinski definition) is 8. The highest BCUT2D eigenvalue weighted by molar-refractivity contribution is 7.98. The van der Waals surface area contributed by atoms with Crippen molar-refractivity contribution in [3.63, 3.8) is 0 Å². The number of aliphatic hydroxyl groups excluding tert-OH is 1. The molecule has 0 aromatic carbocycles. The summed E-state index contributed by atoms with van der Waals surface area (Å²) in [6, 6.07) is -5.22. The lowest BCUT2D eigenvalue weighted by atomic mass is 10.1. The van der Waals surface area contributed by atoms with Gasteiger partial charge in [0.2, 0.25) is 17.7 Å². The van der Waals surface area contributed by atoms with Crippen LogP contribution < -0.4 is 21.7 Å². The van der Waals surface area contributed by atoms with E-state index < -0.39 is 66.4 Å². The summed E-state index contributed by atoms with van der Waals surface area (Å²) in [6.07, 6.45) is -0.291. The molecule has 0 aliphatic carbocycles. The van der Waals surface area contributed by atoms with Crippen molar-refractivity contribution in [2.75, 3.05) is 12.0 Å². The molecule has 8 N–H and O–H groups in total. The van der Waals surface area contributed by atoms with Crippen molar-refractivity contribution < 1.29 is 39.3 Å².